The molecule has 2 aliphatic heterocycles. The molecule has 60 valence electrons. The molecule has 1 aromatic heterocycles. The fourth-order valence-corrected chi connectivity index (χ4v) is 1.39. The van der Waals surface area contributed by atoms with Gasteiger partial charge in [0.15, 0.2) is 17.9 Å². The van der Waals surface area contributed by atoms with Crippen LogP contribution in [0.1, 0.15) is 5.69 Å². The van der Waals surface area contributed by atoms with Gasteiger partial charge in [-0.3, -0.25) is 4.99 Å². The maximum atomic E-state index is 5.05. The molecule has 3 rings (SSSR count). The highest BCUT2D eigenvalue weighted by molar-refractivity contribution is 6.09. The molecule has 0 amide bonds. The first-order valence-corrected chi connectivity index (χ1v) is 3.74. The van der Waals surface area contributed by atoms with E-state index in [9.17, 15) is 0 Å². The average molecular weight is 162 g/mol. The summed E-state index contributed by atoms with van der Waals surface area (Å²) in [6, 6.07) is 0. The number of amidine groups is 1. The lowest BCUT2D eigenvalue weighted by molar-refractivity contribution is 0.563. The second-order valence-corrected chi connectivity index (χ2v) is 2.65. The average Bonchev–Trinajstić information content (AvgIpc) is 2.71. The van der Waals surface area contributed by atoms with E-state index < -0.39 is 0 Å². The summed E-state index contributed by atoms with van der Waals surface area (Å²) in [5.41, 5.74) is 0.759. The molecule has 0 fully saturated rings. The van der Waals surface area contributed by atoms with Crippen LogP contribution in [0.3, 0.4) is 0 Å². The Balaban J connectivity index is 2.23. The zero-order valence-corrected chi connectivity index (χ0v) is 6.27. The second kappa shape index (κ2) is 1.94. The fourth-order valence-electron chi connectivity index (χ4n) is 1.39. The van der Waals surface area contributed by atoms with E-state index in [0.717, 1.165) is 24.6 Å². The first kappa shape index (κ1) is 5.93. The molecule has 0 radical (unpaired) electrons. The number of aliphatic imine (C=N–C) groups is 2. The maximum absolute atomic E-state index is 5.05. The van der Waals surface area contributed by atoms with E-state index in [1.807, 2.05) is 4.90 Å². The third-order valence-corrected chi connectivity index (χ3v) is 1.95. The monoisotopic (exact) mass is 162 g/mol. The molecule has 0 saturated heterocycles. The first-order chi connectivity index (χ1) is 5.95. The number of nitrogens with zero attached hydrogens (tertiary/aromatic N) is 4. The number of hydrogen-bond donors (Lipinski definition) is 0. The van der Waals surface area contributed by atoms with Gasteiger partial charge in [-0.05, 0) is 0 Å². The van der Waals surface area contributed by atoms with Crippen LogP contribution in [0.25, 0.3) is 0 Å². The van der Waals surface area contributed by atoms with E-state index in [1.54, 1.807) is 6.34 Å². The van der Waals surface area contributed by atoms with Crippen molar-refractivity contribution in [3.05, 3.63) is 12.1 Å². The number of fused-ring (bicyclic) bond motifs is 3. The molecule has 3 heterocycles. The Labute approximate surface area is 68.4 Å². The van der Waals surface area contributed by atoms with Gasteiger partial charge in [-0.1, -0.05) is 0 Å². The van der Waals surface area contributed by atoms with Crippen molar-refractivity contribution in [1.29, 1.82) is 0 Å². The summed E-state index contributed by atoms with van der Waals surface area (Å²) in [7, 11) is 0. The van der Waals surface area contributed by atoms with E-state index in [-0.39, 0.29) is 0 Å². The minimum atomic E-state index is 0.562. The van der Waals surface area contributed by atoms with Crippen molar-refractivity contribution >= 4 is 18.1 Å². The summed E-state index contributed by atoms with van der Waals surface area (Å²) in [5.74, 6) is 1.45. The number of aromatic nitrogens is 1. The lowest BCUT2D eigenvalue weighted by atomic mass is 10.3. The van der Waals surface area contributed by atoms with E-state index in [1.165, 1.54) is 6.39 Å². The van der Waals surface area contributed by atoms with Crippen LogP contribution in [0.15, 0.2) is 20.8 Å². The SMILES string of the molecule is C1=Nc2ocnc2C2=NCCN12. The van der Waals surface area contributed by atoms with E-state index in [4.69, 9.17) is 4.42 Å². The molecule has 2 aliphatic rings. The van der Waals surface area contributed by atoms with Crippen molar-refractivity contribution in [2.24, 2.45) is 9.98 Å². The highest BCUT2D eigenvalue weighted by atomic mass is 16.4. The van der Waals surface area contributed by atoms with Crippen LogP contribution in [0.5, 0.6) is 0 Å². The van der Waals surface area contributed by atoms with Crippen molar-refractivity contribution in [1.82, 2.24) is 9.88 Å². The molecule has 0 atom stereocenters. The number of oxazole rings is 1. The third-order valence-electron chi connectivity index (χ3n) is 1.95. The topological polar surface area (TPSA) is 54.0 Å². The van der Waals surface area contributed by atoms with Gasteiger partial charge in [-0.25, -0.2) is 9.98 Å². The van der Waals surface area contributed by atoms with Crippen LogP contribution < -0.4 is 0 Å². The van der Waals surface area contributed by atoms with Gasteiger partial charge < -0.3 is 9.32 Å². The summed E-state index contributed by atoms with van der Waals surface area (Å²) in [4.78, 5) is 14.4. The highest BCUT2D eigenvalue weighted by Gasteiger charge is 2.26. The Morgan fingerprint density at radius 3 is 3.50 bits per heavy atom. The molecule has 0 saturated carbocycles. The number of hydrogen-bond acceptors (Lipinski definition) is 5. The maximum Gasteiger partial charge on any atom is 0.251 e. The van der Waals surface area contributed by atoms with Gasteiger partial charge in [0.05, 0.1) is 6.54 Å². The largest absolute Gasteiger partial charge is 0.425 e. The zero-order chi connectivity index (χ0) is 7.97. The van der Waals surface area contributed by atoms with Gasteiger partial charge in [-0.15, -0.1) is 0 Å². The fraction of sp³-hybridized carbons (Fsp3) is 0.286. The van der Waals surface area contributed by atoms with Crippen LogP contribution in [-0.4, -0.2) is 35.1 Å². The van der Waals surface area contributed by atoms with E-state index in [0.29, 0.717) is 5.88 Å². The molecule has 0 spiro atoms. The zero-order valence-electron chi connectivity index (χ0n) is 6.27. The summed E-state index contributed by atoms with van der Waals surface area (Å²) < 4.78 is 5.05. The lowest BCUT2D eigenvalue weighted by Crippen LogP contribution is -2.29. The van der Waals surface area contributed by atoms with Crippen LogP contribution in [0.2, 0.25) is 0 Å². The Hall–Kier alpha value is -1.65. The van der Waals surface area contributed by atoms with Crippen molar-refractivity contribution in [3.63, 3.8) is 0 Å². The first-order valence-electron chi connectivity index (χ1n) is 3.74. The Morgan fingerprint density at radius 2 is 2.50 bits per heavy atom. The van der Waals surface area contributed by atoms with Gasteiger partial charge in [-0.2, -0.15) is 0 Å². The standard InChI is InChI=1S/C7H6N4O/c1-2-11-3-9-7-5(6(11)8-1)10-4-12-7/h3-4H,1-2H2. The molecule has 5 nitrogen and oxygen atoms in total. The van der Waals surface area contributed by atoms with Crippen LogP contribution >= 0.6 is 0 Å². The lowest BCUT2D eigenvalue weighted by Gasteiger charge is -2.15. The number of rotatable bonds is 0. The van der Waals surface area contributed by atoms with Crippen LogP contribution in [0, 0.1) is 0 Å². The van der Waals surface area contributed by atoms with E-state index >= 15 is 0 Å². The molecule has 12 heavy (non-hydrogen) atoms. The van der Waals surface area contributed by atoms with Crippen molar-refractivity contribution in [3.8, 4) is 0 Å². The molecule has 0 N–H and O–H groups in total. The quantitative estimate of drug-likeness (QED) is 0.555. The normalized spacial score (nSPS) is 19.0. The minimum Gasteiger partial charge on any atom is -0.425 e. The third kappa shape index (κ3) is 0.603. The molecule has 1 aromatic rings. The van der Waals surface area contributed by atoms with Crippen molar-refractivity contribution < 1.29 is 4.42 Å². The summed E-state index contributed by atoms with van der Waals surface area (Å²) >= 11 is 0. The Kier molecular flexibility index (Phi) is 0.957. The van der Waals surface area contributed by atoms with Crippen molar-refractivity contribution in [2.45, 2.75) is 0 Å². The second-order valence-electron chi connectivity index (χ2n) is 2.65. The van der Waals surface area contributed by atoms with Gasteiger partial charge >= 0.3 is 0 Å². The highest BCUT2D eigenvalue weighted by Crippen LogP contribution is 2.24. The van der Waals surface area contributed by atoms with Gasteiger partial charge in [0, 0.05) is 6.54 Å². The summed E-state index contributed by atoms with van der Waals surface area (Å²) in [6.07, 6.45) is 3.13. The van der Waals surface area contributed by atoms with Crippen molar-refractivity contribution in [2.75, 3.05) is 13.1 Å². The molecule has 0 bridgehead atoms. The van der Waals surface area contributed by atoms with Gasteiger partial charge in [0.2, 0.25) is 0 Å². The van der Waals surface area contributed by atoms with Crippen LogP contribution in [0.4, 0.5) is 5.88 Å². The molecular weight excluding hydrogens is 156 g/mol. The smallest absolute Gasteiger partial charge is 0.251 e. The predicted molar refractivity (Wildman–Crippen MR) is 42.8 cm³/mol. The molecule has 5 heteroatoms. The Bertz CT molecular complexity index is 379. The molecule has 0 unspecified atom stereocenters. The van der Waals surface area contributed by atoms with Crippen LogP contribution in [-0.2, 0) is 0 Å². The van der Waals surface area contributed by atoms with E-state index in [2.05, 4.69) is 15.0 Å². The summed E-state index contributed by atoms with van der Waals surface area (Å²) in [6.45, 7) is 1.71. The summed E-state index contributed by atoms with van der Waals surface area (Å²) in [5, 5.41) is 0. The molecule has 0 aliphatic carbocycles. The van der Waals surface area contributed by atoms with Gasteiger partial charge in [0.1, 0.15) is 6.34 Å². The van der Waals surface area contributed by atoms with Gasteiger partial charge in [0.25, 0.3) is 5.88 Å². The predicted octanol–water partition coefficient (Wildman–Crippen LogP) is 0.410. The molecule has 0 aromatic carbocycles. The Morgan fingerprint density at radius 1 is 1.50 bits per heavy atom. The minimum absolute atomic E-state index is 0.562. The molecular formula is C7H6N4O.